The molecule has 0 aliphatic carbocycles. The third-order valence-corrected chi connectivity index (χ3v) is 4.25. The first-order chi connectivity index (χ1) is 8.53. The van der Waals surface area contributed by atoms with Crippen LogP contribution in [0.1, 0.15) is 13.3 Å². The standard InChI is InChI=1S/C12H20N2O3S/c1-3-8-14(18(15,16)10-9-17-2)12-7-5-4-6-11(12)13/h4-7H,3,8-10,13H2,1-2H3. The van der Waals surface area contributed by atoms with Crippen LogP contribution in [-0.2, 0) is 14.8 Å². The second-order valence-corrected chi connectivity index (χ2v) is 5.95. The van der Waals surface area contributed by atoms with E-state index in [1.165, 1.54) is 11.4 Å². The van der Waals surface area contributed by atoms with Crippen molar-refractivity contribution in [3.63, 3.8) is 0 Å². The zero-order valence-corrected chi connectivity index (χ0v) is 11.6. The lowest BCUT2D eigenvalue weighted by Crippen LogP contribution is -2.35. The maximum atomic E-state index is 12.2. The van der Waals surface area contributed by atoms with Gasteiger partial charge in [-0.2, -0.15) is 0 Å². The number of nitrogens with two attached hydrogens (primary N) is 1. The Morgan fingerprint density at radius 3 is 2.56 bits per heavy atom. The number of rotatable bonds is 7. The monoisotopic (exact) mass is 272 g/mol. The van der Waals surface area contributed by atoms with Gasteiger partial charge in [0.05, 0.1) is 23.7 Å². The van der Waals surface area contributed by atoms with Crippen LogP contribution in [0, 0.1) is 0 Å². The highest BCUT2D eigenvalue weighted by Gasteiger charge is 2.22. The van der Waals surface area contributed by atoms with Gasteiger partial charge in [0.15, 0.2) is 0 Å². The van der Waals surface area contributed by atoms with Crippen molar-refractivity contribution in [3.05, 3.63) is 24.3 Å². The van der Waals surface area contributed by atoms with Crippen molar-refractivity contribution in [2.45, 2.75) is 13.3 Å². The summed E-state index contributed by atoms with van der Waals surface area (Å²) in [4.78, 5) is 0. The number of nitrogens with zero attached hydrogens (tertiary/aromatic N) is 1. The zero-order valence-electron chi connectivity index (χ0n) is 10.8. The van der Waals surface area contributed by atoms with Crippen LogP contribution in [0.15, 0.2) is 24.3 Å². The van der Waals surface area contributed by atoms with Gasteiger partial charge < -0.3 is 10.5 Å². The molecule has 1 aromatic carbocycles. The normalized spacial score (nSPS) is 11.4. The van der Waals surface area contributed by atoms with E-state index in [1.807, 2.05) is 6.92 Å². The number of benzene rings is 1. The van der Waals surface area contributed by atoms with E-state index in [1.54, 1.807) is 24.3 Å². The van der Waals surface area contributed by atoms with Crippen molar-refractivity contribution >= 4 is 21.4 Å². The summed E-state index contributed by atoms with van der Waals surface area (Å²) in [5.74, 6) is -0.0438. The molecule has 0 heterocycles. The van der Waals surface area contributed by atoms with Crippen LogP contribution >= 0.6 is 0 Å². The van der Waals surface area contributed by atoms with E-state index in [-0.39, 0.29) is 12.4 Å². The number of anilines is 2. The Morgan fingerprint density at radius 1 is 1.33 bits per heavy atom. The Kier molecular flexibility index (Phi) is 5.43. The highest BCUT2D eigenvalue weighted by Crippen LogP contribution is 2.25. The van der Waals surface area contributed by atoms with Gasteiger partial charge in [0.1, 0.15) is 0 Å². The van der Waals surface area contributed by atoms with Gasteiger partial charge in [-0.1, -0.05) is 19.1 Å². The molecule has 0 bridgehead atoms. The fourth-order valence-electron chi connectivity index (χ4n) is 1.63. The van der Waals surface area contributed by atoms with E-state index in [0.717, 1.165) is 6.42 Å². The molecule has 6 heteroatoms. The molecule has 0 fully saturated rings. The molecule has 0 amide bonds. The summed E-state index contributed by atoms with van der Waals surface area (Å²) in [5.41, 5.74) is 6.84. The zero-order chi connectivity index (χ0) is 13.6. The van der Waals surface area contributed by atoms with Crippen molar-refractivity contribution in [3.8, 4) is 0 Å². The van der Waals surface area contributed by atoms with E-state index in [9.17, 15) is 8.42 Å². The fraction of sp³-hybridized carbons (Fsp3) is 0.500. The summed E-state index contributed by atoms with van der Waals surface area (Å²) in [5, 5.41) is 0. The lowest BCUT2D eigenvalue weighted by Gasteiger charge is -2.25. The second-order valence-electron chi connectivity index (χ2n) is 3.94. The summed E-state index contributed by atoms with van der Waals surface area (Å²) in [6.45, 7) is 2.52. The van der Waals surface area contributed by atoms with Gasteiger partial charge in [0.25, 0.3) is 0 Å². The van der Waals surface area contributed by atoms with Gasteiger partial charge in [-0.05, 0) is 18.6 Å². The molecule has 5 nitrogen and oxygen atoms in total. The molecule has 0 atom stereocenters. The molecule has 0 aromatic heterocycles. The first kappa shape index (κ1) is 14.8. The summed E-state index contributed by atoms with van der Waals surface area (Å²) >= 11 is 0. The predicted molar refractivity (Wildman–Crippen MR) is 74.2 cm³/mol. The smallest absolute Gasteiger partial charge is 0.237 e. The van der Waals surface area contributed by atoms with Gasteiger partial charge in [0, 0.05) is 13.7 Å². The molecular weight excluding hydrogens is 252 g/mol. The van der Waals surface area contributed by atoms with Gasteiger partial charge in [-0.3, -0.25) is 4.31 Å². The number of para-hydroxylation sites is 2. The van der Waals surface area contributed by atoms with Crippen molar-refractivity contribution in [2.24, 2.45) is 0 Å². The molecule has 1 rings (SSSR count). The van der Waals surface area contributed by atoms with Crippen LogP contribution in [0.5, 0.6) is 0 Å². The molecule has 0 aliphatic heterocycles. The molecule has 0 saturated carbocycles. The van der Waals surface area contributed by atoms with Crippen LogP contribution in [0.25, 0.3) is 0 Å². The topological polar surface area (TPSA) is 72.6 Å². The molecule has 102 valence electrons. The molecule has 0 radical (unpaired) electrons. The minimum absolute atomic E-state index is 0.0438. The third-order valence-electron chi connectivity index (χ3n) is 2.51. The van der Waals surface area contributed by atoms with Crippen LogP contribution in [-0.4, -0.2) is 34.4 Å². The van der Waals surface area contributed by atoms with Gasteiger partial charge >= 0.3 is 0 Å². The fourth-order valence-corrected chi connectivity index (χ4v) is 3.15. The highest BCUT2D eigenvalue weighted by molar-refractivity contribution is 7.92. The summed E-state index contributed by atoms with van der Waals surface area (Å²) < 4.78 is 30.6. The summed E-state index contributed by atoms with van der Waals surface area (Å²) in [6, 6.07) is 6.98. The average molecular weight is 272 g/mol. The maximum absolute atomic E-state index is 12.2. The lowest BCUT2D eigenvalue weighted by atomic mass is 10.2. The van der Waals surface area contributed by atoms with Gasteiger partial charge in [-0.15, -0.1) is 0 Å². The maximum Gasteiger partial charge on any atom is 0.237 e. The minimum Gasteiger partial charge on any atom is -0.397 e. The van der Waals surface area contributed by atoms with Gasteiger partial charge in [0.2, 0.25) is 10.0 Å². The van der Waals surface area contributed by atoms with E-state index in [4.69, 9.17) is 10.5 Å². The number of ether oxygens (including phenoxy) is 1. The highest BCUT2D eigenvalue weighted by atomic mass is 32.2. The quantitative estimate of drug-likeness (QED) is 0.763. The first-order valence-electron chi connectivity index (χ1n) is 5.86. The first-order valence-corrected chi connectivity index (χ1v) is 7.47. The summed E-state index contributed by atoms with van der Waals surface area (Å²) in [7, 11) is -1.91. The molecule has 0 aliphatic rings. The Hall–Kier alpha value is -1.27. The summed E-state index contributed by atoms with van der Waals surface area (Å²) in [6.07, 6.45) is 0.723. The average Bonchev–Trinajstić information content (AvgIpc) is 2.34. The van der Waals surface area contributed by atoms with E-state index >= 15 is 0 Å². The van der Waals surface area contributed by atoms with Crippen LogP contribution in [0.4, 0.5) is 11.4 Å². The molecule has 0 unspecified atom stereocenters. The van der Waals surface area contributed by atoms with Crippen LogP contribution in [0.2, 0.25) is 0 Å². The molecular formula is C12H20N2O3S. The molecule has 0 spiro atoms. The second kappa shape index (κ2) is 6.61. The van der Waals surface area contributed by atoms with E-state index in [0.29, 0.717) is 17.9 Å². The van der Waals surface area contributed by atoms with Gasteiger partial charge in [-0.25, -0.2) is 8.42 Å². The SMILES string of the molecule is CCCN(c1ccccc1N)S(=O)(=O)CCOC. The number of hydrogen-bond acceptors (Lipinski definition) is 4. The molecule has 2 N–H and O–H groups in total. The van der Waals surface area contributed by atoms with E-state index in [2.05, 4.69) is 0 Å². The molecule has 1 aromatic rings. The number of sulfonamides is 1. The van der Waals surface area contributed by atoms with Crippen molar-refractivity contribution in [1.82, 2.24) is 0 Å². The Bertz CT molecular complexity index is 474. The Labute approximate surface area is 109 Å². The molecule has 0 saturated heterocycles. The Balaban J connectivity index is 3.07. The number of nitrogen functional groups attached to an aromatic ring is 1. The largest absolute Gasteiger partial charge is 0.397 e. The van der Waals surface area contributed by atoms with Crippen molar-refractivity contribution < 1.29 is 13.2 Å². The third kappa shape index (κ3) is 3.61. The van der Waals surface area contributed by atoms with Crippen molar-refractivity contribution in [1.29, 1.82) is 0 Å². The number of methoxy groups -OCH3 is 1. The van der Waals surface area contributed by atoms with E-state index < -0.39 is 10.0 Å². The molecule has 18 heavy (non-hydrogen) atoms. The Morgan fingerprint density at radius 2 is 2.00 bits per heavy atom. The minimum atomic E-state index is -3.39. The van der Waals surface area contributed by atoms with Crippen molar-refractivity contribution in [2.75, 3.05) is 36.1 Å². The van der Waals surface area contributed by atoms with Crippen LogP contribution in [0.3, 0.4) is 0 Å². The number of hydrogen-bond donors (Lipinski definition) is 1. The lowest BCUT2D eigenvalue weighted by molar-refractivity contribution is 0.217. The predicted octanol–water partition coefficient (Wildman–Crippen LogP) is 1.46. The van der Waals surface area contributed by atoms with Crippen LogP contribution < -0.4 is 10.0 Å².